The highest BCUT2D eigenvalue weighted by Crippen LogP contribution is 2.41. The van der Waals surface area contributed by atoms with E-state index in [2.05, 4.69) is 21.3 Å². The topological polar surface area (TPSA) is 348 Å². The molecule has 8 heterocycles. The number of rotatable bonds is 15. The average molecular weight is 1350 g/mol. The lowest BCUT2D eigenvalue weighted by molar-refractivity contribution is -0.143. The van der Waals surface area contributed by atoms with E-state index in [9.17, 15) is 53.7 Å². The number of pyridine rings is 1. The first-order valence-electron chi connectivity index (χ1n) is 28.8. The van der Waals surface area contributed by atoms with Gasteiger partial charge in [0.15, 0.2) is 5.78 Å². The average Bonchev–Trinajstić information content (AvgIpc) is 1.75. The molecule has 1 saturated carbocycles. The van der Waals surface area contributed by atoms with Gasteiger partial charge in [0.2, 0.25) is 17.7 Å². The van der Waals surface area contributed by atoms with E-state index in [1.165, 1.54) is 70.5 Å². The summed E-state index contributed by atoms with van der Waals surface area (Å²) in [6.45, 7) is 5.00. The number of aliphatic hydroxyl groups excluding tert-OH is 1. The van der Waals surface area contributed by atoms with Gasteiger partial charge in [0.05, 0.1) is 47.1 Å². The molecule has 24 nitrogen and oxygen atoms in total. The maximum atomic E-state index is 14.4. The number of aromatic nitrogens is 7. The molecule has 474 valence electrons. The standard InChI is InChI=1S/C61H62N12O12S6/c1-29(2)35-21-41(74)48-30(3)90-59(71-48)37(22-44(75)62-4)65-53(81)39-26-86-55(67-39)34-17-18-36(57-69-43(28-89-57)73(19-9-12-47(78)79)46(77)20-31-13-15-33(16-14-31)61(83)84)64-49(34)38-25-87-58(66-38)40-27-88-60(68-40)51(52(80)32-10-7-6-8-11-32)70-45(76)23-63-54(82)50-42(24-85-5)91-56(35)72-50/h6-12,17-18,25-29,31,33,35,37,51-52,80H,13-16,19-24H2,1-5H3,(H,62,75)(H,63,82)(H,65,81)(H,70,76)(H,78,79)(H,83,84)/b12-9+/t31?,33?,35?,37-,51-,52-/m0/s1. The number of benzene rings is 1. The van der Waals surface area contributed by atoms with Gasteiger partial charge in [-0.25, -0.2) is 39.7 Å². The molecule has 2 aliphatic rings. The van der Waals surface area contributed by atoms with E-state index in [1.54, 1.807) is 70.9 Å². The summed E-state index contributed by atoms with van der Waals surface area (Å²) in [4.78, 5) is 144. The summed E-state index contributed by atoms with van der Waals surface area (Å²) in [5.41, 5.74) is 2.57. The number of amides is 5. The van der Waals surface area contributed by atoms with Crippen LogP contribution < -0.4 is 26.2 Å². The maximum absolute atomic E-state index is 14.4. The van der Waals surface area contributed by atoms with Crippen LogP contribution in [0.4, 0.5) is 5.82 Å². The van der Waals surface area contributed by atoms with Crippen molar-refractivity contribution >= 4 is 121 Å². The number of nitrogens with zero attached hydrogens (tertiary/aromatic N) is 8. The van der Waals surface area contributed by atoms with E-state index in [-0.39, 0.29) is 78.8 Å². The second-order valence-corrected chi connectivity index (χ2v) is 27.7. The summed E-state index contributed by atoms with van der Waals surface area (Å²) in [6, 6.07) is 10.1. The summed E-state index contributed by atoms with van der Waals surface area (Å²) in [6.07, 6.45) is 2.82. The van der Waals surface area contributed by atoms with Gasteiger partial charge in [-0.1, -0.05) is 50.3 Å². The molecule has 5 amide bonds. The predicted molar refractivity (Wildman–Crippen MR) is 345 cm³/mol. The second-order valence-electron chi connectivity index (χ2n) is 21.9. The Morgan fingerprint density at radius 3 is 2.16 bits per heavy atom. The van der Waals surface area contributed by atoms with Crippen molar-refractivity contribution < 1.29 is 58.4 Å². The summed E-state index contributed by atoms with van der Waals surface area (Å²) in [5, 5.41) is 51.1. The number of carboxylic acids is 2. The van der Waals surface area contributed by atoms with Crippen molar-refractivity contribution in [1.82, 2.24) is 56.2 Å². The molecular formula is C61H62N12O12S6. The summed E-state index contributed by atoms with van der Waals surface area (Å²) >= 11 is 7.14. The largest absolute Gasteiger partial charge is 0.481 e. The maximum Gasteiger partial charge on any atom is 0.328 e. The van der Waals surface area contributed by atoms with Crippen molar-refractivity contribution in [3.8, 4) is 43.4 Å². The fourth-order valence-corrected chi connectivity index (χ4v) is 16.1. The van der Waals surface area contributed by atoms with E-state index in [1.807, 2.05) is 13.8 Å². The van der Waals surface area contributed by atoms with Crippen LogP contribution in [0.1, 0.15) is 145 Å². The van der Waals surface area contributed by atoms with Gasteiger partial charge < -0.3 is 41.3 Å². The Labute approximate surface area is 545 Å². The highest BCUT2D eigenvalue weighted by Gasteiger charge is 2.34. The highest BCUT2D eigenvalue weighted by molar-refractivity contribution is 7.15. The number of aryl methyl sites for hydroxylation is 1. The van der Waals surface area contributed by atoms with E-state index in [0.717, 1.165) is 28.7 Å². The molecule has 8 aromatic rings. The van der Waals surface area contributed by atoms with E-state index in [4.69, 9.17) is 39.6 Å². The number of thiazole rings is 6. The fourth-order valence-electron chi connectivity index (χ4n) is 10.5. The van der Waals surface area contributed by atoms with Crippen LogP contribution in [0.15, 0.2) is 76.1 Å². The van der Waals surface area contributed by atoms with Crippen molar-refractivity contribution in [3.05, 3.63) is 124 Å². The Morgan fingerprint density at radius 1 is 0.736 bits per heavy atom. The molecule has 1 aliphatic carbocycles. The van der Waals surface area contributed by atoms with Crippen LogP contribution >= 0.6 is 68.0 Å². The molecule has 30 heteroatoms. The molecule has 10 bridgehead atoms. The zero-order valence-electron chi connectivity index (χ0n) is 49.7. The van der Waals surface area contributed by atoms with Crippen molar-refractivity contribution in [2.24, 2.45) is 17.8 Å². The first kappa shape index (κ1) is 65.7. The smallest absolute Gasteiger partial charge is 0.328 e. The van der Waals surface area contributed by atoms with Crippen LogP contribution in [0.25, 0.3) is 43.4 Å². The third-order valence-electron chi connectivity index (χ3n) is 15.4. The Kier molecular flexibility index (Phi) is 21.2. The zero-order valence-corrected chi connectivity index (χ0v) is 54.6. The number of carbonyl (C=O) groups excluding carboxylic acids is 6. The van der Waals surface area contributed by atoms with Crippen molar-refractivity contribution in [1.29, 1.82) is 0 Å². The first-order chi connectivity index (χ1) is 43.7. The minimum atomic E-state index is -1.30. The molecule has 1 unspecified atom stereocenters. The number of anilines is 1. The molecule has 0 saturated heterocycles. The molecule has 7 aromatic heterocycles. The van der Waals surface area contributed by atoms with E-state index < -0.39 is 72.1 Å². The normalized spacial score (nSPS) is 18.7. The lowest BCUT2D eigenvalue weighted by atomic mass is 9.80. The molecule has 7 N–H and O–H groups in total. The van der Waals surface area contributed by atoms with Crippen molar-refractivity contribution in [3.63, 3.8) is 0 Å². The quantitative estimate of drug-likeness (QED) is 0.0470. The SMILES string of the molecule is CNC(=O)C[C@@H]1NC(=O)c2csc(n2)-c2ccc(-c3nc(N(C/C=C/C(=O)O)C(=O)CC4CCC(C(=O)O)CC4)cs3)nc2-c2csc(n2)-c2csc(n2)[C@H]([C@@H](O)c2ccccc2)NC(=O)CNC(=O)c2nc(sc2COC)C(C(C)C)CC(=O)c2nc1sc2C. The van der Waals surface area contributed by atoms with Crippen molar-refractivity contribution in [2.45, 2.75) is 96.4 Å². The number of aliphatic hydroxyl groups is 1. The minimum Gasteiger partial charge on any atom is -0.481 e. The number of ketones is 1. The Balaban J connectivity index is 1.04. The fraction of sp³-hybridized carbons (Fsp3) is 0.361. The summed E-state index contributed by atoms with van der Waals surface area (Å²) in [7, 11) is 2.95. The predicted octanol–water partition coefficient (Wildman–Crippen LogP) is 9.45. The number of nitrogens with one attached hydrogen (secondary N) is 4. The molecule has 1 aromatic carbocycles. The third-order valence-corrected chi connectivity index (χ3v) is 21.1. The second kappa shape index (κ2) is 29.4. The number of hydrogen-bond acceptors (Lipinski definition) is 23. The van der Waals surface area contributed by atoms with Crippen LogP contribution in [0, 0.1) is 24.7 Å². The van der Waals surface area contributed by atoms with Gasteiger partial charge in [-0.3, -0.25) is 38.5 Å². The van der Waals surface area contributed by atoms with Crippen LogP contribution in [-0.4, -0.2) is 125 Å². The van der Waals surface area contributed by atoms with Crippen LogP contribution in [0.5, 0.6) is 0 Å². The molecule has 10 rings (SSSR count). The lowest BCUT2D eigenvalue weighted by Crippen LogP contribution is -2.40. The number of fused-ring (bicyclic) bond motifs is 14. The number of carbonyl (C=O) groups is 8. The van der Waals surface area contributed by atoms with Gasteiger partial charge in [-0.05, 0) is 62.1 Å². The number of methoxy groups -OCH3 is 1. The monoisotopic (exact) mass is 1350 g/mol. The minimum absolute atomic E-state index is 0.00379. The number of Topliss-reactive ketones (excluding diaryl/α,β-unsaturated/α-hetero) is 1. The molecular weight excluding hydrogens is 1290 g/mol. The number of aliphatic carboxylic acids is 2. The molecule has 1 fully saturated rings. The lowest BCUT2D eigenvalue weighted by Gasteiger charge is -2.27. The summed E-state index contributed by atoms with van der Waals surface area (Å²) in [5.74, 6) is -5.97. The number of carboxylic acid groups (broad SMARTS) is 2. The van der Waals surface area contributed by atoms with Gasteiger partial charge in [0.1, 0.15) is 77.2 Å². The van der Waals surface area contributed by atoms with Gasteiger partial charge >= 0.3 is 11.9 Å². The third kappa shape index (κ3) is 15.6. The molecule has 1 aliphatic heterocycles. The van der Waals surface area contributed by atoms with Crippen LogP contribution in [0.2, 0.25) is 0 Å². The number of ether oxygens (including phenoxy) is 1. The number of hydrogen-bond donors (Lipinski definition) is 7. The van der Waals surface area contributed by atoms with Gasteiger partial charge in [0, 0.05) is 77.5 Å². The molecule has 4 atom stereocenters. The molecule has 0 radical (unpaired) electrons. The van der Waals surface area contributed by atoms with Crippen molar-refractivity contribution in [2.75, 3.05) is 32.1 Å². The van der Waals surface area contributed by atoms with E-state index in [0.29, 0.717) is 99.4 Å². The van der Waals surface area contributed by atoms with Crippen LogP contribution in [-0.2, 0) is 35.3 Å². The zero-order chi connectivity index (χ0) is 64.6. The Hall–Kier alpha value is -8.23. The highest BCUT2D eigenvalue weighted by atomic mass is 32.1. The Morgan fingerprint density at radius 2 is 1.44 bits per heavy atom. The van der Waals surface area contributed by atoms with Gasteiger partial charge in [0.25, 0.3) is 11.8 Å². The molecule has 91 heavy (non-hydrogen) atoms. The molecule has 0 spiro atoms. The van der Waals surface area contributed by atoms with Gasteiger partial charge in [-0.15, -0.1) is 68.0 Å². The van der Waals surface area contributed by atoms with E-state index >= 15 is 0 Å². The van der Waals surface area contributed by atoms with Gasteiger partial charge in [-0.2, -0.15) is 0 Å². The summed E-state index contributed by atoms with van der Waals surface area (Å²) < 4.78 is 5.48. The van der Waals surface area contributed by atoms with Crippen LogP contribution in [0.3, 0.4) is 0 Å². The first-order valence-corrected chi connectivity index (χ1v) is 34.0. The Bertz CT molecular complexity index is 4050.